The summed E-state index contributed by atoms with van der Waals surface area (Å²) in [5, 5.41) is 10.9. The average molecular weight is 427 g/mol. The Labute approximate surface area is 185 Å². The van der Waals surface area contributed by atoms with Crippen LogP contribution in [0.3, 0.4) is 0 Å². The number of nitrogens with zero attached hydrogens (tertiary/aromatic N) is 4. The maximum absolute atomic E-state index is 9.65. The number of benzene rings is 2. The first-order valence-corrected chi connectivity index (χ1v) is 11.7. The monoisotopic (exact) mass is 426 g/mol. The molecule has 2 unspecified atom stereocenters. The summed E-state index contributed by atoms with van der Waals surface area (Å²) in [6.07, 6.45) is 3.06. The summed E-state index contributed by atoms with van der Waals surface area (Å²) < 4.78 is 7.44. The Morgan fingerprint density at radius 3 is 2.52 bits per heavy atom. The van der Waals surface area contributed by atoms with Gasteiger partial charge < -0.3 is 9.32 Å². The van der Waals surface area contributed by atoms with Gasteiger partial charge >= 0.3 is 0 Å². The topological polar surface area (TPSA) is 66.0 Å². The second-order valence-corrected chi connectivity index (χ2v) is 9.52. The van der Waals surface area contributed by atoms with E-state index < -0.39 is 0 Å². The Hall–Kier alpha value is -3.17. The van der Waals surface area contributed by atoms with E-state index >= 15 is 0 Å². The molecule has 2 aromatic carbocycles. The van der Waals surface area contributed by atoms with Gasteiger partial charge in [0.25, 0.3) is 0 Å². The molecule has 2 aromatic heterocycles. The third kappa shape index (κ3) is 3.39. The molecule has 154 valence electrons. The average Bonchev–Trinajstić information content (AvgIpc) is 3.32. The molecule has 3 heterocycles. The molecule has 2 aliphatic rings. The van der Waals surface area contributed by atoms with E-state index in [1.54, 1.807) is 11.3 Å². The van der Waals surface area contributed by atoms with Crippen molar-refractivity contribution in [2.75, 3.05) is 18.0 Å². The Kier molecular flexibility index (Phi) is 4.50. The van der Waals surface area contributed by atoms with Crippen LogP contribution >= 0.6 is 11.3 Å². The van der Waals surface area contributed by atoms with Gasteiger partial charge in [-0.05, 0) is 42.9 Å². The van der Waals surface area contributed by atoms with E-state index in [1.807, 2.05) is 12.1 Å². The lowest BCUT2D eigenvalue weighted by atomic mass is 9.97. The number of thiazole rings is 1. The second-order valence-electron chi connectivity index (χ2n) is 8.46. The molecule has 0 bridgehead atoms. The van der Waals surface area contributed by atoms with Gasteiger partial charge in [-0.2, -0.15) is 5.26 Å². The normalized spacial score (nSPS) is 21.3. The standard InChI is InChI=1S/C25H22N4OS/c26-15-21-25(30-23(27-21)19-14-18(19)16-6-2-1-3-7-16)29-12-10-17(11-13-29)24-28-20-8-4-5-9-22(20)31-24/h1-9,17-19H,10-14H2. The molecule has 0 amide bonds. The molecule has 0 spiro atoms. The van der Waals surface area contributed by atoms with Crippen LogP contribution in [0, 0.1) is 11.3 Å². The second kappa shape index (κ2) is 7.51. The molecule has 6 heteroatoms. The molecule has 5 nitrogen and oxygen atoms in total. The van der Waals surface area contributed by atoms with Gasteiger partial charge in [-0.1, -0.05) is 42.5 Å². The molecule has 2 atom stereocenters. The van der Waals surface area contributed by atoms with Crippen molar-refractivity contribution >= 4 is 27.4 Å². The van der Waals surface area contributed by atoms with Gasteiger partial charge in [0.05, 0.1) is 15.2 Å². The van der Waals surface area contributed by atoms with Gasteiger partial charge in [-0.25, -0.2) is 9.97 Å². The molecule has 1 saturated heterocycles. The molecule has 0 N–H and O–H groups in total. The summed E-state index contributed by atoms with van der Waals surface area (Å²) in [4.78, 5) is 11.6. The zero-order valence-electron chi connectivity index (χ0n) is 17.1. The minimum absolute atomic E-state index is 0.281. The van der Waals surface area contributed by atoms with Crippen molar-refractivity contribution in [3.05, 3.63) is 76.8 Å². The minimum Gasteiger partial charge on any atom is -0.423 e. The summed E-state index contributed by atoms with van der Waals surface area (Å²) in [5.41, 5.74) is 2.84. The van der Waals surface area contributed by atoms with Gasteiger partial charge in [0.1, 0.15) is 6.07 Å². The predicted octanol–water partition coefficient (Wildman–Crippen LogP) is 5.81. The highest BCUT2D eigenvalue weighted by Crippen LogP contribution is 2.55. The molecule has 0 radical (unpaired) electrons. The quantitative estimate of drug-likeness (QED) is 0.412. The fourth-order valence-corrected chi connectivity index (χ4v) is 5.84. The molecule has 2 fully saturated rings. The molecule has 4 aromatic rings. The van der Waals surface area contributed by atoms with Gasteiger partial charge in [0, 0.05) is 24.9 Å². The number of piperidine rings is 1. The lowest BCUT2D eigenvalue weighted by molar-refractivity contribution is 0.443. The number of para-hydroxylation sites is 1. The molecular formula is C25H22N4OS. The van der Waals surface area contributed by atoms with Crippen LogP contribution in [-0.4, -0.2) is 23.1 Å². The fraction of sp³-hybridized carbons (Fsp3) is 0.320. The largest absolute Gasteiger partial charge is 0.423 e. The van der Waals surface area contributed by atoms with Crippen molar-refractivity contribution < 1.29 is 4.42 Å². The number of nitriles is 1. The van der Waals surface area contributed by atoms with Crippen molar-refractivity contribution in [2.45, 2.75) is 37.0 Å². The first-order valence-electron chi connectivity index (χ1n) is 10.9. The van der Waals surface area contributed by atoms with Crippen molar-refractivity contribution in [1.82, 2.24) is 9.97 Å². The van der Waals surface area contributed by atoms with Gasteiger partial charge in [-0.15, -0.1) is 11.3 Å². The highest BCUT2D eigenvalue weighted by Gasteiger charge is 2.44. The fourth-order valence-electron chi connectivity index (χ4n) is 4.70. The number of rotatable bonds is 4. The summed E-state index contributed by atoms with van der Waals surface area (Å²) >= 11 is 1.81. The van der Waals surface area contributed by atoms with E-state index in [-0.39, 0.29) is 5.92 Å². The first kappa shape index (κ1) is 18.6. The lowest BCUT2D eigenvalue weighted by Crippen LogP contribution is -2.33. The lowest BCUT2D eigenvalue weighted by Gasteiger charge is -2.30. The van der Waals surface area contributed by atoms with Crippen LogP contribution in [0.1, 0.15) is 59.2 Å². The maximum atomic E-state index is 9.65. The number of anilines is 1. The number of oxazole rings is 1. The molecule has 6 rings (SSSR count). The van der Waals surface area contributed by atoms with Crippen LogP contribution in [-0.2, 0) is 0 Å². The Balaban J connectivity index is 1.17. The molecule has 1 saturated carbocycles. The van der Waals surface area contributed by atoms with Gasteiger partial charge in [-0.3, -0.25) is 0 Å². The van der Waals surface area contributed by atoms with E-state index in [0.717, 1.165) is 37.9 Å². The van der Waals surface area contributed by atoms with Crippen LogP contribution in [0.4, 0.5) is 5.88 Å². The Morgan fingerprint density at radius 1 is 0.968 bits per heavy atom. The van der Waals surface area contributed by atoms with Crippen molar-refractivity contribution in [3.63, 3.8) is 0 Å². The zero-order valence-corrected chi connectivity index (χ0v) is 17.9. The van der Waals surface area contributed by atoms with E-state index in [9.17, 15) is 5.26 Å². The first-order chi connectivity index (χ1) is 15.3. The van der Waals surface area contributed by atoms with Crippen LogP contribution in [0.2, 0.25) is 0 Å². The van der Waals surface area contributed by atoms with Gasteiger partial charge in [0.15, 0.2) is 0 Å². The molecule has 1 aliphatic heterocycles. The number of fused-ring (bicyclic) bond motifs is 1. The van der Waals surface area contributed by atoms with Crippen molar-refractivity contribution in [3.8, 4) is 6.07 Å². The zero-order chi connectivity index (χ0) is 20.8. The van der Waals surface area contributed by atoms with Crippen LogP contribution in [0.5, 0.6) is 0 Å². The van der Waals surface area contributed by atoms with Crippen molar-refractivity contribution in [2.24, 2.45) is 0 Å². The predicted molar refractivity (Wildman–Crippen MR) is 122 cm³/mol. The van der Waals surface area contributed by atoms with Crippen LogP contribution < -0.4 is 4.90 Å². The smallest absolute Gasteiger partial charge is 0.234 e. The highest BCUT2D eigenvalue weighted by atomic mass is 32.1. The van der Waals surface area contributed by atoms with E-state index in [0.29, 0.717) is 29.3 Å². The third-order valence-corrected chi connectivity index (χ3v) is 7.71. The molecule has 31 heavy (non-hydrogen) atoms. The van der Waals surface area contributed by atoms with E-state index in [4.69, 9.17) is 9.40 Å². The highest BCUT2D eigenvalue weighted by molar-refractivity contribution is 7.18. The number of aromatic nitrogens is 2. The molecule has 1 aliphatic carbocycles. The summed E-state index contributed by atoms with van der Waals surface area (Å²) in [7, 11) is 0. The maximum Gasteiger partial charge on any atom is 0.234 e. The minimum atomic E-state index is 0.281. The number of hydrogen-bond donors (Lipinski definition) is 0. The van der Waals surface area contributed by atoms with Crippen molar-refractivity contribution in [1.29, 1.82) is 5.26 Å². The van der Waals surface area contributed by atoms with E-state index in [2.05, 4.69) is 58.4 Å². The third-order valence-electron chi connectivity index (χ3n) is 6.51. The molecular weight excluding hydrogens is 404 g/mol. The van der Waals surface area contributed by atoms with E-state index in [1.165, 1.54) is 15.3 Å². The van der Waals surface area contributed by atoms with Crippen LogP contribution in [0.15, 0.2) is 59.0 Å². The van der Waals surface area contributed by atoms with Crippen LogP contribution in [0.25, 0.3) is 10.2 Å². The summed E-state index contributed by atoms with van der Waals surface area (Å²) in [5.74, 6) is 2.56. The number of hydrogen-bond acceptors (Lipinski definition) is 6. The Bertz CT molecular complexity index is 1230. The van der Waals surface area contributed by atoms with Gasteiger partial charge in [0.2, 0.25) is 17.5 Å². The summed E-state index contributed by atoms with van der Waals surface area (Å²) in [6.45, 7) is 1.72. The SMILES string of the molecule is N#Cc1nc(C2CC2c2ccccc2)oc1N1CCC(c2nc3ccccc3s2)CC1. The summed E-state index contributed by atoms with van der Waals surface area (Å²) in [6, 6.07) is 21.1. The Morgan fingerprint density at radius 2 is 1.74 bits per heavy atom.